The van der Waals surface area contributed by atoms with Gasteiger partial charge in [0, 0.05) is 29.5 Å². The average Bonchev–Trinajstić information content (AvgIpc) is 2.85. The van der Waals surface area contributed by atoms with E-state index in [4.69, 9.17) is 0 Å². The van der Waals surface area contributed by atoms with Crippen molar-refractivity contribution in [2.75, 3.05) is 0 Å². The van der Waals surface area contributed by atoms with Crippen molar-refractivity contribution < 1.29 is 0 Å². The van der Waals surface area contributed by atoms with Crippen molar-refractivity contribution in [2.24, 2.45) is 0 Å². The summed E-state index contributed by atoms with van der Waals surface area (Å²) >= 11 is 3.46. The molecular weight excluding hydrogens is 302 g/mol. The van der Waals surface area contributed by atoms with Gasteiger partial charge in [0.2, 0.25) is 0 Å². The van der Waals surface area contributed by atoms with Gasteiger partial charge in [-0.25, -0.2) is 4.98 Å². The van der Waals surface area contributed by atoms with Crippen LogP contribution in [0.25, 0.3) is 0 Å². The molecule has 0 saturated heterocycles. The molecular formula is C15H20BrN3. The summed E-state index contributed by atoms with van der Waals surface area (Å²) in [6.45, 7) is 6.19. The number of aryl methyl sites for hydroxylation is 1. The maximum absolute atomic E-state index is 4.41. The Balaban J connectivity index is 1.94. The number of hydrogen-bond acceptors (Lipinski definition) is 2. The van der Waals surface area contributed by atoms with Crippen LogP contribution in [0.15, 0.2) is 41.1 Å². The number of aromatic nitrogens is 2. The first-order chi connectivity index (χ1) is 9.20. The van der Waals surface area contributed by atoms with Crippen LogP contribution in [0, 0.1) is 0 Å². The fourth-order valence-electron chi connectivity index (χ4n) is 2.07. The molecule has 0 radical (unpaired) electrons. The van der Waals surface area contributed by atoms with Gasteiger partial charge in [-0.15, -0.1) is 0 Å². The lowest BCUT2D eigenvalue weighted by atomic mass is 10.1. The molecule has 4 heteroatoms. The number of rotatable bonds is 6. The monoisotopic (exact) mass is 321 g/mol. The molecule has 102 valence electrons. The summed E-state index contributed by atoms with van der Waals surface area (Å²) in [5.41, 5.74) is 1.29. The third kappa shape index (κ3) is 3.91. The van der Waals surface area contributed by atoms with E-state index in [-0.39, 0.29) is 0 Å². The van der Waals surface area contributed by atoms with E-state index >= 15 is 0 Å². The highest BCUT2D eigenvalue weighted by Gasteiger charge is 2.07. The van der Waals surface area contributed by atoms with E-state index in [1.54, 1.807) is 0 Å². The molecule has 0 saturated carbocycles. The molecule has 0 bridgehead atoms. The number of nitrogens with one attached hydrogen (secondary N) is 1. The lowest BCUT2D eigenvalue weighted by molar-refractivity contribution is 0.532. The van der Waals surface area contributed by atoms with Gasteiger partial charge in [-0.05, 0) is 31.0 Å². The van der Waals surface area contributed by atoms with Gasteiger partial charge in [0.25, 0.3) is 0 Å². The van der Waals surface area contributed by atoms with E-state index in [0.29, 0.717) is 6.04 Å². The molecule has 1 N–H and O–H groups in total. The Morgan fingerprint density at radius 3 is 2.74 bits per heavy atom. The highest BCUT2D eigenvalue weighted by molar-refractivity contribution is 9.10. The first-order valence-electron chi connectivity index (χ1n) is 6.69. The zero-order valence-electron chi connectivity index (χ0n) is 11.4. The molecule has 1 heterocycles. The molecule has 19 heavy (non-hydrogen) atoms. The van der Waals surface area contributed by atoms with Gasteiger partial charge in [0.05, 0.1) is 6.54 Å². The Labute approximate surface area is 123 Å². The summed E-state index contributed by atoms with van der Waals surface area (Å²) in [6, 6.07) is 8.75. The molecule has 1 atom stereocenters. The topological polar surface area (TPSA) is 29.9 Å². The molecule has 0 amide bonds. The second kappa shape index (κ2) is 6.87. The molecule has 0 fully saturated rings. The number of halogens is 1. The summed E-state index contributed by atoms with van der Waals surface area (Å²) in [6.07, 6.45) is 5.05. The van der Waals surface area contributed by atoms with Gasteiger partial charge in [-0.3, -0.25) is 0 Å². The van der Waals surface area contributed by atoms with Crippen LogP contribution < -0.4 is 5.32 Å². The number of hydrogen-bond donors (Lipinski definition) is 1. The van der Waals surface area contributed by atoms with Crippen LogP contribution in [-0.2, 0) is 13.1 Å². The van der Waals surface area contributed by atoms with Gasteiger partial charge in [0.1, 0.15) is 5.82 Å². The lowest BCUT2D eigenvalue weighted by Crippen LogP contribution is -2.20. The largest absolute Gasteiger partial charge is 0.334 e. The Morgan fingerprint density at radius 1 is 1.32 bits per heavy atom. The number of nitrogens with zero attached hydrogens (tertiary/aromatic N) is 2. The second-order valence-corrected chi connectivity index (χ2v) is 5.61. The smallest absolute Gasteiger partial charge is 0.122 e. The molecule has 0 aliphatic carbocycles. The first kappa shape index (κ1) is 14.3. The van der Waals surface area contributed by atoms with Crippen molar-refractivity contribution in [1.29, 1.82) is 0 Å². The summed E-state index contributed by atoms with van der Waals surface area (Å²) < 4.78 is 3.32. The van der Waals surface area contributed by atoms with Crippen LogP contribution >= 0.6 is 15.9 Å². The maximum Gasteiger partial charge on any atom is 0.122 e. The minimum Gasteiger partial charge on any atom is -0.334 e. The van der Waals surface area contributed by atoms with E-state index in [9.17, 15) is 0 Å². The minimum absolute atomic E-state index is 0.319. The summed E-state index contributed by atoms with van der Waals surface area (Å²) in [4.78, 5) is 4.41. The molecule has 0 spiro atoms. The van der Waals surface area contributed by atoms with Gasteiger partial charge in [-0.2, -0.15) is 0 Å². The molecule has 2 rings (SSSR count). The SMILES string of the molecule is CCCn1ccnc1CN[C@@H](C)c1ccc(Br)cc1. The molecule has 0 aliphatic rings. The Kier molecular flexibility index (Phi) is 5.16. The van der Waals surface area contributed by atoms with Crippen LogP contribution in [-0.4, -0.2) is 9.55 Å². The Hall–Kier alpha value is -1.13. The lowest BCUT2D eigenvalue weighted by Gasteiger charge is -2.15. The normalized spacial score (nSPS) is 12.6. The third-order valence-electron chi connectivity index (χ3n) is 3.20. The predicted octanol–water partition coefficient (Wildman–Crippen LogP) is 3.91. The van der Waals surface area contributed by atoms with Gasteiger partial charge < -0.3 is 9.88 Å². The third-order valence-corrected chi connectivity index (χ3v) is 3.73. The average molecular weight is 322 g/mol. The molecule has 2 aromatic rings. The number of benzene rings is 1. The van der Waals surface area contributed by atoms with E-state index in [1.807, 2.05) is 12.4 Å². The van der Waals surface area contributed by atoms with E-state index in [0.717, 1.165) is 29.8 Å². The van der Waals surface area contributed by atoms with Crippen LogP contribution in [0.5, 0.6) is 0 Å². The van der Waals surface area contributed by atoms with E-state index in [1.165, 1.54) is 5.56 Å². The zero-order chi connectivity index (χ0) is 13.7. The number of imidazole rings is 1. The molecule has 0 unspecified atom stereocenters. The van der Waals surface area contributed by atoms with Crippen LogP contribution in [0.1, 0.15) is 37.7 Å². The minimum atomic E-state index is 0.319. The Bertz CT molecular complexity index is 504. The van der Waals surface area contributed by atoms with Crippen LogP contribution in [0.2, 0.25) is 0 Å². The fourth-order valence-corrected chi connectivity index (χ4v) is 2.33. The molecule has 1 aromatic carbocycles. The van der Waals surface area contributed by atoms with Crippen molar-refractivity contribution in [1.82, 2.24) is 14.9 Å². The predicted molar refractivity (Wildman–Crippen MR) is 81.9 cm³/mol. The van der Waals surface area contributed by atoms with Crippen LogP contribution in [0.4, 0.5) is 0 Å². The molecule has 1 aromatic heterocycles. The maximum atomic E-state index is 4.41. The Morgan fingerprint density at radius 2 is 2.05 bits per heavy atom. The van der Waals surface area contributed by atoms with E-state index < -0.39 is 0 Å². The van der Waals surface area contributed by atoms with Crippen molar-refractivity contribution >= 4 is 15.9 Å². The summed E-state index contributed by atoms with van der Waals surface area (Å²) in [5, 5.41) is 3.52. The highest BCUT2D eigenvalue weighted by Crippen LogP contribution is 2.16. The van der Waals surface area contributed by atoms with Crippen LogP contribution in [0.3, 0.4) is 0 Å². The fraction of sp³-hybridized carbons (Fsp3) is 0.400. The van der Waals surface area contributed by atoms with Gasteiger partial charge in [-0.1, -0.05) is 35.0 Å². The second-order valence-electron chi connectivity index (χ2n) is 4.69. The summed E-state index contributed by atoms with van der Waals surface area (Å²) in [5.74, 6) is 1.10. The standard InChI is InChI=1S/C15H20BrN3/c1-3-9-19-10-8-17-15(19)11-18-12(2)13-4-6-14(16)7-5-13/h4-8,10,12,18H,3,9,11H2,1-2H3/t12-/m0/s1. The molecule has 3 nitrogen and oxygen atoms in total. The molecule has 0 aliphatic heterocycles. The van der Waals surface area contributed by atoms with Gasteiger partial charge >= 0.3 is 0 Å². The van der Waals surface area contributed by atoms with Crippen molar-refractivity contribution in [2.45, 2.75) is 39.4 Å². The van der Waals surface area contributed by atoms with E-state index in [2.05, 4.69) is 68.9 Å². The van der Waals surface area contributed by atoms with Gasteiger partial charge in [0.15, 0.2) is 0 Å². The highest BCUT2D eigenvalue weighted by atomic mass is 79.9. The first-order valence-corrected chi connectivity index (χ1v) is 7.49. The van der Waals surface area contributed by atoms with Crippen molar-refractivity contribution in [3.8, 4) is 0 Å². The quantitative estimate of drug-likeness (QED) is 0.874. The summed E-state index contributed by atoms with van der Waals surface area (Å²) in [7, 11) is 0. The zero-order valence-corrected chi connectivity index (χ0v) is 13.0. The van der Waals surface area contributed by atoms with Crippen molar-refractivity contribution in [3.05, 3.63) is 52.5 Å². The van der Waals surface area contributed by atoms with Crippen molar-refractivity contribution in [3.63, 3.8) is 0 Å².